The predicted octanol–water partition coefficient (Wildman–Crippen LogP) is 21.3. The zero-order chi connectivity index (χ0) is 68.9. The van der Waals surface area contributed by atoms with Crippen LogP contribution in [0.1, 0.15) is 370 Å². The molecular formula is C74H144O17P2. The maximum atomic E-state index is 13.0. The third kappa shape index (κ3) is 67.0. The van der Waals surface area contributed by atoms with Crippen LogP contribution in [-0.4, -0.2) is 96.7 Å². The molecule has 0 saturated heterocycles. The van der Waals surface area contributed by atoms with Gasteiger partial charge in [0.2, 0.25) is 0 Å². The number of rotatable bonds is 71. The SMILES string of the molecule is CCC(C)CCCCCCCCCCCCCCCCCCCCC(=O)OC[C@H](COP(=O)(O)OCC(O)COP(=O)(O)OC[C@@H](COC(=O)CCCCCCCCCC(C)C)OC(=O)CCCCCCCCC(C)C)OC(=O)CCCCCCCCCCCC(C)C. The molecule has 552 valence electrons. The minimum absolute atomic E-state index is 0.101. The van der Waals surface area contributed by atoms with E-state index in [-0.39, 0.29) is 25.7 Å². The minimum Gasteiger partial charge on any atom is -0.462 e. The second-order valence-electron chi connectivity index (χ2n) is 28.4. The van der Waals surface area contributed by atoms with Crippen molar-refractivity contribution < 1.29 is 80.2 Å². The van der Waals surface area contributed by atoms with Crippen molar-refractivity contribution in [3.05, 3.63) is 0 Å². The molecule has 0 heterocycles. The van der Waals surface area contributed by atoms with Crippen molar-refractivity contribution in [3.8, 4) is 0 Å². The van der Waals surface area contributed by atoms with Crippen LogP contribution in [0.3, 0.4) is 0 Å². The van der Waals surface area contributed by atoms with Gasteiger partial charge in [0.25, 0.3) is 0 Å². The summed E-state index contributed by atoms with van der Waals surface area (Å²) in [4.78, 5) is 72.6. The first-order chi connectivity index (χ1) is 44.6. The van der Waals surface area contributed by atoms with E-state index in [2.05, 4.69) is 55.4 Å². The molecule has 0 aliphatic heterocycles. The van der Waals surface area contributed by atoms with E-state index in [4.69, 9.17) is 37.0 Å². The summed E-state index contributed by atoms with van der Waals surface area (Å²) in [5.41, 5.74) is 0. The molecule has 6 atom stereocenters. The maximum Gasteiger partial charge on any atom is 0.472 e. The Balaban J connectivity index is 5.13. The second kappa shape index (κ2) is 63.5. The highest BCUT2D eigenvalue weighted by Gasteiger charge is 2.30. The summed E-state index contributed by atoms with van der Waals surface area (Å²) >= 11 is 0. The van der Waals surface area contributed by atoms with Crippen molar-refractivity contribution in [2.24, 2.45) is 23.7 Å². The Hall–Kier alpha value is -1.94. The molecule has 0 bridgehead atoms. The number of carbonyl (C=O) groups is 4. The van der Waals surface area contributed by atoms with Crippen LogP contribution in [0.4, 0.5) is 0 Å². The van der Waals surface area contributed by atoms with E-state index in [0.29, 0.717) is 37.5 Å². The first-order valence-corrected chi connectivity index (χ1v) is 41.2. The summed E-state index contributed by atoms with van der Waals surface area (Å²) in [6, 6.07) is 0. The van der Waals surface area contributed by atoms with Crippen LogP contribution >= 0.6 is 15.6 Å². The quantitative estimate of drug-likeness (QED) is 0.0222. The third-order valence-corrected chi connectivity index (χ3v) is 19.3. The molecule has 0 aromatic carbocycles. The first-order valence-electron chi connectivity index (χ1n) is 38.2. The molecule has 17 nitrogen and oxygen atoms in total. The Morgan fingerprint density at radius 2 is 0.516 bits per heavy atom. The van der Waals surface area contributed by atoms with Gasteiger partial charge in [-0.2, -0.15) is 0 Å². The lowest BCUT2D eigenvalue weighted by atomic mass is 9.99. The Morgan fingerprint density at radius 1 is 0.301 bits per heavy atom. The fourth-order valence-electron chi connectivity index (χ4n) is 11.2. The number of unbranched alkanes of at least 4 members (excludes halogenated alkanes) is 36. The lowest BCUT2D eigenvalue weighted by Gasteiger charge is -2.21. The molecule has 0 saturated carbocycles. The van der Waals surface area contributed by atoms with Crippen LogP contribution in [0.5, 0.6) is 0 Å². The molecule has 0 aliphatic carbocycles. The number of phosphoric ester groups is 2. The average molecular weight is 1370 g/mol. The van der Waals surface area contributed by atoms with Crippen LogP contribution < -0.4 is 0 Å². The molecule has 0 aromatic heterocycles. The number of ether oxygens (including phenoxy) is 4. The monoisotopic (exact) mass is 1370 g/mol. The van der Waals surface area contributed by atoms with Gasteiger partial charge >= 0.3 is 39.5 Å². The fraction of sp³-hybridized carbons (Fsp3) is 0.946. The van der Waals surface area contributed by atoms with Gasteiger partial charge in [-0.3, -0.25) is 37.3 Å². The van der Waals surface area contributed by atoms with Gasteiger partial charge in [0.05, 0.1) is 26.4 Å². The maximum absolute atomic E-state index is 13.0. The minimum atomic E-state index is -4.95. The summed E-state index contributed by atoms with van der Waals surface area (Å²) in [5.74, 6) is 0.853. The predicted molar refractivity (Wildman–Crippen MR) is 377 cm³/mol. The van der Waals surface area contributed by atoms with E-state index >= 15 is 0 Å². The molecule has 0 aromatic rings. The summed E-state index contributed by atoms with van der Waals surface area (Å²) in [5, 5.41) is 10.6. The Kier molecular flexibility index (Phi) is 62.2. The van der Waals surface area contributed by atoms with E-state index in [9.17, 15) is 43.2 Å². The summed E-state index contributed by atoms with van der Waals surface area (Å²) in [6.45, 7) is 14.1. The topological polar surface area (TPSA) is 237 Å². The molecule has 0 rings (SSSR count). The molecule has 0 spiro atoms. The highest BCUT2D eigenvalue weighted by molar-refractivity contribution is 7.47. The van der Waals surface area contributed by atoms with Gasteiger partial charge in [-0.05, 0) is 49.4 Å². The van der Waals surface area contributed by atoms with Crippen LogP contribution in [0, 0.1) is 23.7 Å². The fourth-order valence-corrected chi connectivity index (χ4v) is 12.7. The molecule has 93 heavy (non-hydrogen) atoms. The molecule has 3 N–H and O–H groups in total. The largest absolute Gasteiger partial charge is 0.472 e. The van der Waals surface area contributed by atoms with Crippen LogP contribution in [0.25, 0.3) is 0 Å². The number of phosphoric acid groups is 2. The van der Waals surface area contributed by atoms with Gasteiger partial charge in [-0.1, -0.05) is 319 Å². The van der Waals surface area contributed by atoms with E-state index in [1.165, 1.54) is 167 Å². The van der Waals surface area contributed by atoms with Crippen LogP contribution in [0.15, 0.2) is 0 Å². The van der Waals surface area contributed by atoms with Gasteiger partial charge in [0, 0.05) is 25.7 Å². The van der Waals surface area contributed by atoms with Gasteiger partial charge < -0.3 is 33.8 Å². The standard InChI is InChI=1S/C74H144O17P2/c1-9-67(8)53-45-37-28-22-18-16-14-12-10-11-13-15-17-19-23-29-38-46-54-71(76)84-60-69(90-73(78)56-48-40-30-24-20-21-26-34-42-50-64(2)3)62-88-92(80,81)86-58-68(75)59-87-93(82,83)89-63-70(91-74(79)57-49-41-33-32-36-44-52-66(6)7)61-85-72(77)55-47-39-31-25-27-35-43-51-65(4)5/h64-70,75H,9-63H2,1-8H3,(H,80,81)(H,82,83)/t67?,68?,69-,70-/m1/s1. The van der Waals surface area contributed by atoms with Crippen molar-refractivity contribution in [1.82, 2.24) is 0 Å². The van der Waals surface area contributed by atoms with Crippen molar-refractivity contribution in [3.63, 3.8) is 0 Å². The summed E-state index contributed by atoms with van der Waals surface area (Å²) < 4.78 is 68.3. The van der Waals surface area contributed by atoms with Crippen molar-refractivity contribution in [1.29, 1.82) is 0 Å². The Bertz CT molecular complexity index is 1840. The molecule has 0 fully saturated rings. The van der Waals surface area contributed by atoms with E-state index < -0.39 is 97.5 Å². The van der Waals surface area contributed by atoms with Gasteiger partial charge in [0.1, 0.15) is 19.3 Å². The number of aliphatic hydroxyl groups excluding tert-OH is 1. The van der Waals surface area contributed by atoms with Crippen molar-refractivity contribution in [2.45, 2.75) is 388 Å². The van der Waals surface area contributed by atoms with E-state index in [1.54, 1.807) is 0 Å². The number of hydrogen-bond donors (Lipinski definition) is 3. The summed E-state index contributed by atoms with van der Waals surface area (Å²) in [7, 11) is -9.90. The summed E-state index contributed by atoms with van der Waals surface area (Å²) in [6.07, 6.45) is 47.7. The van der Waals surface area contributed by atoms with Gasteiger partial charge in [0.15, 0.2) is 12.2 Å². The van der Waals surface area contributed by atoms with E-state index in [1.807, 2.05) is 0 Å². The molecule has 19 heteroatoms. The highest BCUT2D eigenvalue weighted by atomic mass is 31.2. The van der Waals surface area contributed by atoms with Crippen LogP contribution in [0.2, 0.25) is 0 Å². The zero-order valence-electron chi connectivity index (χ0n) is 60.9. The lowest BCUT2D eigenvalue weighted by molar-refractivity contribution is -0.161. The van der Waals surface area contributed by atoms with Crippen molar-refractivity contribution in [2.75, 3.05) is 39.6 Å². The zero-order valence-corrected chi connectivity index (χ0v) is 62.7. The number of hydrogen-bond acceptors (Lipinski definition) is 15. The number of esters is 4. The first kappa shape index (κ1) is 91.1. The Labute approximate surface area is 568 Å². The molecule has 4 unspecified atom stereocenters. The molecule has 0 radical (unpaired) electrons. The normalized spacial score (nSPS) is 14.5. The van der Waals surface area contributed by atoms with Crippen molar-refractivity contribution >= 4 is 39.5 Å². The van der Waals surface area contributed by atoms with Gasteiger partial charge in [-0.25, -0.2) is 9.13 Å². The second-order valence-corrected chi connectivity index (χ2v) is 31.3. The molecule has 0 aliphatic rings. The molecular weight excluding hydrogens is 1220 g/mol. The third-order valence-electron chi connectivity index (χ3n) is 17.4. The number of aliphatic hydroxyl groups is 1. The molecule has 0 amide bonds. The average Bonchev–Trinajstić information content (AvgIpc) is 3.15. The number of carbonyl (C=O) groups excluding carboxylic acids is 4. The Morgan fingerprint density at radius 3 is 0.763 bits per heavy atom. The smallest absolute Gasteiger partial charge is 0.462 e. The highest BCUT2D eigenvalue weighted by Crippen LogP contribution is 2.45. The van der Waals surface area contributed by atoms with Crippen LogP contribution in [-0.2, 0) is 65.4 Å². The van der Waals surface area contributed by atoms with E-state index in [0.717, 1.165) is 108 Å². The lowest BCUT2D eigenvalue weighted by Crippen LogP contribution is -2.30. The van der Waals surface area contributed by atoms with Gasteiger partial charge in [-0.15, -0.1) is 0 Å².